The smallest absolute Gasteiger partial charge is 0.169 e. The standard InChI is InChI=1S/C11H10BrClN4/c12-8-4-3-7(5-9(8)13)17-10(6-1-2-6)11(14)15-16-17/h3-6H,1-2,14H2. The molecule has 0 radical (unpaired) electrons. The van der Waals surface area contributed by atoms with Crippen molar-refractivity contribution in [2.24, 2.45) is 0 Å². The van der Waals surface area contributed by atoms with Crippen molar-refractivity contribution in [1.29, 1.82) is 0 Å². The second-order valence-corrected chi connectivity index (χ2v) is 5.41. The third-order valence-electron chi connectivity index (χ3n) is 2.84. The maximum absolute atomic E-state index is 6.08. The number of rotatable bonds is 2. The summed E-state index contributed by atoms with van der Waals surface area (Å²) in [5.74, 6) is 1.01. The summed E-state index contributed by atoms with van der Waals surface area (Å²) in [4.78, 5) is 0. The Balaban J connectivity index is 2.11. The second-order valence-electron chi connectivity index (χ2n) is 4.14. The average molecular weight is 314 g/mol. The lowest BCUT2D eigenvalue weighted by molar-refractivity contribution is 0.763. The lowest BCUT2D eigenvalue weighted by Crippen LogP contribution is -2.02. The minimum Gasteiger partial charge on any atom is -0.381 e. The molecule has 1 aromatic carbocycles. The Bertz CT molecular complexity index is 577. The van der Waals surface area contributed by atoms with Crippen molar-refractivity contribution in [1.82, 2.24) is 15.0 Å². The van der Waals surface area contributed by atoms with Gasteiger partial charge in [0.1, 0.15) is 0 Å². The number of hydrogen-bond donors (Lipinski definition) is 1. The maximum atomic E-state index is 6.08. The molecular weight excluding hydrogens is 304 g/mol. The number of nitrogens with two attached hydrogens (primary N) is 1. The highest BCUT2D eigenvalue weighted by Crippen LogP contribution is 2.42. The number of benzene rings is 1. The molecule has 0 unspecified atom stereocenters. The molecule has 1 fully saturated rings. The summed E-state index contributed by atoms with van der Waals surface area (Å²) in [7, 11) is 0. The molecule has 17 heavy (non-hydrogen) atoms. The minimum atomic E-state index is 0.493. The highest BCUT2D eigenvalue weighted by atomic mass is 79.9. The molecule has 2 aromatic rings. The van der Waals surface area contributed by atoms with Gasteiger partial charge in [-0.25, -0.2) is 4.68 Å². The van der Waals surface area contributed by atoms with Crippen LogP contribution in [0.4, 0.5) is 5.82 Å². The fraction of sp³-hybridized carbons (Fsp3) is 0.273. The van der Waals surface area contributed by atoms with Crippen molar-refractivity contribution < 1.29 is 0 Å². The van der Waals surface area contributed by atoms with Crippen LogP contribution in [-0.2, 0) is 0 Å². The number of hydrogen-bond acceptors (Lipinski definition) is 3. The first-order valence-corrected chi connectivity index (χ1v) is 6.50. The molecule has 6 heteroatoms. The predicted molar refractivity (Wildman–Crippen MR) is 70.5 cm³/mol. The molecule has 0 saturated heterocycles. The molecule has 0 atom stereocenters. The van der Waals surface area contributed by atoms with Crippen LogP contribution in [0.5, 0.6) is 0 Å². The van der Waals surface area contributed by atoms with Crippen LogP contribution in [0.3, 0.4) is 0 Å². The van der Waals surface area contributed by atoms with Crippen LogP contribution in [0.1, 0.15) is 24.5 Å². The van der Waals surface area contributed by atoms with Crippen LogP contribution in [0.2, 0.25) is 5.02 Å². The Morgan fingerprint density at radius 1 is 1.41 bits per heavy atom. The summed E-state index contributed by atoms with van der Waals surface area (Å²) in [6.07, 6.45) is 2.31. The van der Waals surface area contributed by atoms with Gasteiger partial charge in [-0.05, 0) is 47.0 Å². The zero-order valence-corrected chi connectivity index (χ0v) is 11.2. The van der Waals surface area contributed by atoms with E-state index < -0.39 is 0 Å². The average Bonchev–Trinajstić information content (AvgIpc) is 3.06. The topological polar surface area (TPSA) is 56.7 Å². The number of anilines is 1. The molecule has 0 amide bonds. The van der Waals surface area contributed by atoms with Crippen molar-refractivity contribution in [3.63, 3.8) is 0 Å². The van der Waals surface area contributed by atoms with Gasteiger partial charge in [-0.1, -0.05) is 16.8 Å². The van der Waals surface area contributed by atoms with Crippen molar-refractivity contribution in [3.05, 3.63) is 33.4 Å². The second kappa shape index (κ2) is 3.99. The summed E-state index contributed by atoms with van der Waals surface area (Å²) in [6, 6.07) is 5.69. The molecule has 0 aliphatic heterocycles. The molecular formula is C11H10BrClN4. The molecule has 3 rings (SSSR count). The molecule has 0 bridgehead atoms. The number of halogens is 2. The van der Waals surface area contributed by atoms with Crippen LogP contribution < -0.4 is 5.73 Å². The Morgan fingerprint density at radius 2 is 2.18 bits per heavy atom. The van der Waals surface area contributed by atoms with E-state index in [2.05, 4.69) is 26.2 Å². The first kappa shape index (κ1) is 11.0. The highest BCUT2D eigenvalue weighted by Gasteiger charge is 2.31. The van der Waals surface area contributed by atoms with E-state index in [0.29, 0.717) is 16.8 Å². The third kappa shape index (κ3) is 1.93. The quantitative estimate of drug-likeness (QED) is 0.926. The summed E-state index contributed by atoms with van der Waals surface area (Å²) in [6.45, 7) is 0. The molecule has 0 spiro atoms. The highest BCUT2D eigenvalue weighted by molar-refractivity contribution is 9.10. The Labute approximate surface area is 112 Å². The monoisotopic (exact) mass is 312 g/mol. The Morgan fingerprint density at radius 3 is 2.82 bits per heavy atom. The lowest BCUT2D eigenvalue weighted by Gasteiger charge is -2.06. The van der Waals surface area contributed by atoms with Gasteiger partial charge in [0, 0.05) is 10.4 Å². The van der Waals surface area contributed by atoms with Gasteiger partial charge in [-0.15, -0.1) is 5.10 Å². The normalized spacial score (nSPS) is 15.2. The van der Waals surface area contributed by atoms with Crippen LogP contribution in [0, 0.1) is 0 Å². The van der Waals surface area contributed by atoms with Crippen molar-refractivity contribution in [2.75, 3.05) is 5.73 Å². The molecule has 1 aliphatic rings. The molecule has 1 aromatic heterocycles. The zero-order chi connectivity index (χ0) is 12.0. The fourth-order valence-corrected chi connectivity index (χ4v) is 2.27. The summed E-state index contributed by atoms with van der Waals surface area (Å²) in [5.41, 5.74) is 7.75. The van der Waals surface area contributed by atoms with E-state index in [9.17, 15) is 0 Å². The maximum Gasteiger partial charge on any atom is 0.169 e. The Kier molecular flexibility index (Phi) is 2.60. The molecule has 1 aliphatic carbocycles. The molecule has 1 heterocycles. The number of aromatic nitrogens is 3. The van der Waals surface area contributed by atoms with E-state index >= 15 is 0 Å². The van der Waals surface area contributed by atoms with E-state index in [1.165, 1.54) is 0 Å². The van der Waals surface area contributed by atoms with Gasteiger partial charge in [-0.2, -0.15) is 0 Å². The van der Waals surface area contributed by atoms with Crippen LogP contribution in [0.25, 0.3) is 5.69 Å². The number of nitrogen functional groups attached to an aromatic ring is 1. The number of nitrogens with zero attached hydrogens (tertiary/aromatic N) is 3. The van der Waals surface area contributed by atoms with Gasteiger partial charge >= 0.3 is 0 Å². The van der Waals surface area contributed by atoms with E-state index in [4.69, 9.17) is 17.3 Å². The summed E-state index contributed by atoms with van der Waals surface area (Å²) < 4.78 is 2.65. The van der Waals surface area contributed by atoms with E-state index in [-0.39, 0.29) is 0 Å². The SMILES string of the molecule is Nc1nnn(-c2ccc(Br)c(Cl)c2)c1C1CC1. The van der Waals surface area contributed by atoms with Crippen LogP contribution in [-0.4, -0.2) is 15.0 Å². The summed E-state index contributed by atoms with van der Waals surface area (Å²) in [5, 5.41) is 8.68. The summed E-state index contributed by atoms with van der Waals surface area (Å²) >= 11 is 9.44. The minimum absolute atomic E-state index is 0.493. The van der Waals surface area contributed by atoms with Crippen LogP contribution >= 0.6 is 27.5 Å². The zero-order valence-electron chi connectivity index (χ0n) is 8.90. The first-order chi connectivity index (χ1) is 8.16. The van der Waals surface area contributed by atoms with Crippen molar-refractivity contribution in [2.45, 2.75) is 18.8 Å². The van der Waals surface area contributed by atoms with E-state index in [1.807, 2.05) is 18.2 Å². The van der Waals surface area contributed by atoms with E-state index in [1.54, 1.807) is 4.68 Å². The van der Waals surface area contributed by atoms with Crippen molar-refractivity contribution in [3.8, 4) is 5.69 Å². The largest absolute Gasteiger partial charge is 0.381 e. The van der Waals surface area contributed by atoms with Gasteiger partial charge in [-0.3, -0.25) is 0 Å². The van der Waals surface area contributed by atoms with Gasteiger partial charge < -0.3 is 5.73 Å². The van der Waals surface area contributed by atoms with Gasteiger partial charge in [0.15, 0.2) is 5.82 Å². The van der Waals surface area contributed by atoms with Gasteiger partial charge in [0.2, 0.25) is 0 Å². The lowest BCUT2D eigenvalue weighted by atomic mass is 10.2. The first-order valence-electron chi connectivity index (χ1n) is 5.33. The van der Waals surface area contributed by atoms with E-state index in [0.717, 1.165) is 28.7 Å². The molecule has 88 valence electrons. The molecule has 2 N–H and O–H groups in total. The van der Waals surface area contributed by atoms with Crippen molar-refractivity contribution >= 4 is 33.3 Å². The predicted octanol–water partition coefficient (Wildman–Crippen LogP) is 3.14. The molecule has 4 nitrogen and oxygen atoms in total. The van der Waals surface area contributed by atoms with Gasteiger partial charge in [0.05, 0.1) is 16.4 Å². The fourth-order valence-electron chi connectivity index (χ4n) is 1.85. The Hall–Kier alpha value is -1.07. The third-order valence-corrected chi connectivity index (χ3v) is 4.08. The molecule has 1 saturated carbocycles. The van der Waals surface area contributed by atoms with Gasteiger partial charge in [0.25, 0.3) is 0 Å². The van der Waals surface area contributed by atoms with Crippen LogP contribution in [0.15, 0.2) is 22.7 Å².